The summed E-state index contributed by atoms with van der Waals surface area (Å²) in [6.07, 6.45) is 2.79. The minimum Gasteiger partial charge on any atom is -0.505 e. The van der Waals surface area contributed by atoms with Crippen LogP contribution in [0.2, 0.25) is 0 Å². The Hall–Kier alpha value is -2.11. The number of phenolic OH excluding ortho intramolecular Hbond substituents is 1. The van der Waals surface area contributed by atoms with Gasteiger partial charge in [-0.25, -0.2) is 0 Å². The largest absolute Gasteiger partial charge is 0.505 e. The van der Waals surface area contributed by atoms with Crippen molar-refractivity contribution in [2.24, 2.45) is 0 Å². The van der Waals surface area contributed by atoms with Crippen LogP contribution in [0.15, 0.2) is 53.1 Å². The van der Waals surface area contributed by atoms with Gasteiger partial charge in [-0.15, -0.1) is 0 Å². The van der Waals surface area contributed by atoms with E-state index >= 15 is 0 Å². The van der Waals surface area contributed by atoms with Crippen LogP contribution in [0.1, 0.15) is 18.1 Å². The van der Waals surface area contributed by atoms with E-state index in [1.54, 1.807) is 6.20 Å². The second-order valence-corrected chi connectivity index (χ2v) is 7.87. The van der Waals surface area contributed by atoms with Gasteiger partial charge in [-0.2, -0.15) is 0 Å². The minimum absolute atomic E-state index is 0.218. The van der Waals surface area contributed by atoms with Crippen LogP contribution < -0.4 is 4.90 Å². The normalized spacial score (nSPS) is 15.4. The molecule has 27 heavy (non-hydrogen) atoms. The maximum Gasteiger partial charge on any atom is 0.156 e. The fraction of sp³-hybridized carbons (Fsp3) is 0.318. The smallest absolute Gasteiger partial charge is 0.156 e. The summed E-state index contributed by atoms with van der Waals surface area (Å²) in [5.41, 5.74) is 4.66. The first-order valence-corrected chi connectivity index (χ1v) is 10.3. The summed E-state index contributed by atoms with van der Waals surface area (Å²) in [6.45, 7) is 7.21. The molecule has 0 unspecified atom stereocenters. The van der Waals surface area contributed by atoms with Crippen LogP contribution in [0.3, 0.4) is 0 Å². The van der Waals surface area contributed by atoms with E-state index in [0.717, 1.165) is 44.5 Å². The van der Waals surface area contributed by atoms with Gasteiger partial charge in [0, 0.05) is 50.0 Å². The number of nitrogens with zero attached hydrogens (tertiary/aromatic N) is 3. The number of benzene rings is 2. The van der Waals surface area contributed by atoms with Crippen molar-refractivity contribution in [2.45, 2.75) is 19.9 Å². The molecule has 1 saturated heterocycles. The van der Waals surface area contributed by atoms with Gasteiger partial charge in [0.1, 0.15) is 5.52 Å². The molecule has 140 valence electrons. The molecule has 1 N–H and O–H groups in total. The van der Waals surface area contributed by atoms with E-state index < -0.39 is 0 Å². The van der Waals surface area contributed by atoms with Crippen LogP contribution in [0.4, 0.5) is 5.69 Å². The SMILES string of the molecule is CCc1ccccc1N1CCN(Cc2cc(Br)c(O)c3ncccc23)CC1. The molecule has 3 aromatic rings. The average Bonchev–Trinajstić information content (AvgIpc) is 2.72. The van der Waals surface area contributed by atoms with Gasteiger partial charge in [0.2, 0.25) is 0 Å². The topological polar surface area (TPSA) is 39.6 Å². The summed E-state index contributed by atoms with van der Waals surface area (Å²) in [6, 6.07) is 14.7. The summed E-state index contributed by atoms with van der Waals surface area (Å²) in [7, 11) is 0. The van der Waals surface area contributed by atoms with Crippen molar-refractivity contribution in [2.75, 3.05) is 31.1 Å². The predicted octanol–water partition coefficient (Wildman–Crippen LogP) is 4.59. The van der Waals surface area contributed by atoms with Gasteiger partial charge < -0.3 is 10.0 Å². The molecule has 0 spiro atoms. The van der Waals surface area contributed by atoms with Gasteiger partial charge in [0.15, 0.2) is 5.75 Å². The monoisotopic (exact) mass is 425 g/mol. The fourth-order valence-electron chi connectivity index (χ4n) is 3.90. The van der Waals surface area contributed by atoms with Crippen molar-refractivity contribution in [3.8, 4) is 5.75 Å². The van der Waals surface area contributed by atoms with Crippen LogP contribution in [-0.2, 0) is 13.0 Å². The molecular weight excluding hydrogens is 402 g/mol. The number of hydrogen-bond acceptors (Lipinski definition) is 4. The molecule has 0 radical (unpaired) electrons. The van der Waals surface area contributed by atoms with Crippen LogP contribution in [0.5, 0.6) is 5.75 Å². The molecule has 1 fully saturated rings. The van der Waals surface area contributed by atoms with Crippen molar-refractivity contribution in [1.82, 2.24) is 9.88 Å². The van der Waals surface area contributed by atoms with Gasteiger partial charge in [-0.3, -0.25) is 9.88 Å². The molecule has 5 heteroatoms. The van der Waals surface area contributed by atoms with E-state index in [4.69, 9.17) is 0 Å². The lowest BCUT2D eigenvalue weighted by Crippen LogP contribution is -2.46. The molecule has 1 aliphatic heterocycles. The first-order valence-electron chi connectivity index (χ1n) is 9.47. The number of aryl methyl sites for hydroxylation is 1. The Morgan fingerprint density at radius 2 is 1.81 bits per heavy atom. The Morgan fingerprint density at radius 1 is 1.04 bits per heavy atom. The van der Waals surface area contributed by atoms with E-state index in [2.05, 4.69) is 61.9 Å². The lowest BCUT2D eigenvalue weighted by Gasteiger charge is -2.37. The maximum absolute atomic E-state index is 10.3. The summed E-state index contributed by atoms with van der Waals surface area (Å²) in [5, 5.41) is 11.3. The number of aromatic hydroxyl groups is 1. The zero-order valence-corrected chi connectivity index (χ0v) is 17.1. The summed E-state index contributed by atoms with van der Waals surface area (Å²) >= 11 is 3.47. The first-order chi connectivity index (χ1) is 13.2. The molecule has 2 heterocycles. The van der Waals surface area contributed by atoms with Crippen molar-refractivity contribution in [3.05, 3.63) is 64.3 Å². The summed E-state index contributed by atoms with van der Waals surface area (Å²) < 4.78 is 0.708. The number of phenols is 1. The van der Waals surface area contributed by atoms with Gasteiger partial charge in [-0.1, -0.05) is 31.2 Å². The van der Waals surface area contributed by atoms with Crippen molar-refractivity contribution < 1.29 is 5.11 Å². The van der Waals surface area contributed by atoms with Crippen LogP contribution in [0.25, 0.3) is 10.9 Å². The number of piperazine rings is 1. The van der Waals surface area contributed by atoms with Gasteiger partial charge in [0.25, 0.3) is 0 Å². The Bertz CT molecular complexity index is 951. The molecule has 0 atom stereocenters. The van der Waals surface area contributed by atoms with E-state index in [1.165, 1.54) is 16.8 Å². The molecule has 1 aliphatic rings. The molecule has 0 saturated carbocycles. The predicted molar refractivity (Wildman–Crippen MR) is 114 cm³/mol. The number of para-hydroxylation sites is 1. The van der Waals surface area contributed by atoms with Gasteiger partial charge >= 0.3 is 0 Å². The fourth-order valence-corrected chi connectivity index (χ4v) is 4.37. The number of aromatic nitrogens is 1. The Kier molecular flexibility index (Phi) is 5.32. The first kappa shape index (κ1) is 18.3. The highest BCUT2D eigenvalue weighted by Crippen LogP contribution is 2.34. The molecule has 2 aromatic carbocycles. The lowest BCUT2D eigenvalue weighted by atomic mass is 10.1. The highest BCUT2D eigenvalue weighted by molar-refractivity contribution is 9.10. The van der Waals surface area contributed by atoms with E-state index in [-0.39, 0.29) is 5.75 Å². The zero-order chi connectivity index (χ0) is 18.8. The Balaban J connectivity index is 1.50. The summed E-state index contributed by atoms with van der Waals surface area (Å²) in [4.78, 5) is 9.34. The molecule has 0 bridgehead atoms. The quantitative estimate of drug-likeness (QED) is 0.663. The van der Waals surface area contributed by atoms with E-state index in [1.807, 2.05) is 18.2 Å². The second-order valence-electron chi connectivity index (χ2n) is 7.01. The number of pyridine rings is 1. The number of anilines is 1. The number of halogens is 1. The van der Waals surface area contributed by atoms with E-state index in [0.29, 0.717) is 9.99 Å². The molecule has 1 aromatic heterocycles. The number of rotatable bonds is 4. The van der Waals surface area contributed by atoms with Crippen molar-refractivity contribution >= 4 is 32.5 Å². The van der Waals surface area contributed by atoms with Crippen LogP contribution >= 0.6 is 15.9 Å². The van der Waals surface area contributed by atoms with Gasteiger partial charge in [-0.05, 0) is 51.7 Å². The highest BCUT2D eigenvalue weighted by atomic mass is 79.9. The molecule has 0 aliphatic carbocycles. The standard InChI is InChI=1S/C22H24BrN3O/c1-2-16-6-3-4-8-20(16)26-12-10-25(11-13-26)15-17-14-19(23)22(27)21-18(17)7-5-9-24-21/h3-9,14,27H,2,10-13,15H2,1H3. The molecular formula is C22H24BrN3O. The van der Waals surface area contributed by atoms with E-state index in [9.17, 15) is 5.11 Å². The molecule has 0 amide bonds. The molecule has 4 rings (SSSR count). The minimum atomic E-state index is 0.218. The average molecular weight is 426 g/mol. The third kappa shape index (κ3) is 3.66. The zero-order valence-electron chi connectivity index (χ0n) is 15.5. The van der Waals surface area contributed by atoms with Crippen molar-refractivity contribution in [1.29, 1.82) is 0 Å². The number of fused-ring (bicyclic) bond motifs is 1. The number of hydrogen-bond donors (Lipinski definition) is 1. The Labute approximate surface area is 168 Å². The third-order valence-corrected chi connectivity index (χ3v) is 5.99. The third-order valence-electron chi connectivity index (χ3n) is 5.38. The second kappa shape index (κ2) is 7.87. The van der Waals surface area contributed by atoms with Crippen LogP contribution in [-0.4, -0.2) is 41.2 Å². The van der Waals surface area contributed by atoms with Gasteiger partial charge in [0.05, 0.1) is 4.47 Å². The molecule has 4 nitrogen and oxygen atoms in total. The van der Waals surface area contributed by atoms with Crippen molar-refractivity contribution in [3.63, 3.8) is 0 Å². The highest BCUT2D eigenvalue weighted by Gasteiger charge is 2.20. The summed E-state index contributed by atoms with van der Waals surface area (Å²) in [5.74, 6) is 0.218. The maximum atomic E-state index is 10.3. The Morgan fingerprint density at radius 3 is 2.59 bits per heavy atom. The van der Waals surface area contributed by atoms with Crippen LogP contribution in [0, 0.1) is 0 Å². The lowest BCUT2D eigenvalue weighted by molar-refractivity contribution is 0.250.